The lowest BCUT2D eigenvalue weighted by Crippen LogP contribution is -2.33. The van der Waals surface area contributed by atoms with Gasteiger partial charge in [-0.3, -0.25) is 0 Å². The molecule has 0 amide bonds. The van der Waals surface area contributed by atoms with Crippen molar-refractivity contribution in [3.8, 4) is 16.9 Å². The third-order valence-corrected chi connectivity index (χ3v) is 15.2. The Kier molecular flexibility index (Phi) is 9.91. The highest BCUT2D eigenvalue weighted by atomic mass is 31.2. The first kappa shape index (κ1) is 36.9. The lowest BCUT2D eigenvalue weighted by molar-refractivity contribution is -0.142. The molecule has 11 heteroatoms. The van der Waals surface area contributed by atoms with Gasteiger partial charge in [-0.05, 0) is 43.2 Å². The van der Waals surface area contributed by atoms with Gasteiger partial charge in [-0.15, -0.1) is 0 Å². The van der Waals surface area contributed by atoms with Gasteiger partial charge in [0.15, 0.2) is 14.3 Å². The van der Waals surface area contributed by atoms with Crippen molar-refractivity contribution < 1.29 is 40.2 Å². The van der Waals surface area contributed by atoms with Crippen LogP contribution in [0.3, 0.4) is 0 Å². The Bertz CT molecular complexity index is 2240. The molecular formula is C41H32F6O3P2. The van der Waals surface area contributed by atoms with Gasteiger partial charge in [0.05, 0.1) is 18.2 Å². The molecule has 0 aliphatic heterocycles. The normalized spacial score (nSPS) is 12.5. The van der Waals surface area contributed by atoms with Gasteiger partial charge in [0.25, 0.3) is 0 Å². The van der Waals surface area contributed by atoms with E-state index >= 15 is 22.3 Å². The van der Waals surface area contributed by atoms with E-state index in [2.05, 4.69) is 0 Å². The number of rotatable bonds is 8. The molecule has 6 aromatic rings. The molecule has 266 valence electrons. The summed E-state index contributed by atoms with van der Waals surface area (Å²) >= 11 is 0. The van der Waals surface area contributed by atoms with Gasteiger partial charge < -0.3 is 13.9 Å². The summed E-state index contributed by atoms with van der Waals surface area (Å²) in [7, 11) is -7.38. The molecule has 0 saturated heterocycles. The van der Waals surface area contributed by atoms with Crippen molar-refractivity contribution in [1.29, 1.82) is 0 Å². The summed E-state index contributed by atoms with van der Waals surface area (Å²) in [6.45, 7) is 3.12. The zero-order valence-corrected chi connectivity index (χ0v) is 30.0. The summed E-state index contributed by atoms with van der Waals surface area (Å²) in [5.41, 5.74) is -3.83. The van der Waals surface area contributed by atoms with Gasteiger partial charge in [0.2, 0.25) is 0 Å². The van der Waals surface area contributed by atoms with E-state index in [1.807, 2.05) is 0 Å². The minimum absolute atomic E-state index is 0.0162. The van der Waals surface area contributed by atoms with E-state index in [0.29, 0.717) is 11.6 Å². The van der Waals surface area contributed by atoms with Crippen molar-refractivity contribution in [3.63, 3.8) is 0 Å². The van der Waals surface area contributed by atoms with Gasteiger partial charge in [-0.25, -0.2) is 0 Å². The van der Waals surface area contributed by atoms with E-state index in [-0.39, 0.29) is 49.5 Å². The summed E-state index contributed by atoms with van der Waals surface area (Å²) in [5, 5.41) is -0.176. The molecule has 0 heterocycles. The van der Waals surface area contributed by atoms with Crippen LogP contribution in [0, 0.1) is 13.8 Å². The minimum Gasteiger partial charge on any atom is -0.496 e. The summed E-state index contributed by atoms with van der Waals surface area (Å²) in [5.74, 6) is 0.139. The molecule has 0 aliphatic rings. The number of halogens is 6. The molecule has 52 heavy (non-hydrogen) atoms. The van der Waals surface area contributed by atoms with E-state index in [4.69, 9.17) is 4.74 Å². The van der Waals surface area contributed by atoms with Crippen molar-refractivity contribution in [2.75, 3.05) is 7.11 Å². The molecule has 0 aromatic heterocycles. The fourth-order valence-electron chi connectivity index (χ4n) is 6.75. The summed E-state index contributed by atoms with van der Waals surface area (Å²) in [6.07, 6.45) is -10.6. The van der Waals surface area contributed by atoms with Crippen LogP contribution in [-0.2, 0) is 21.5 Å². The predicted octanol–water partition coefficient (Wildman–Crippen LogP) is 9.30. The second kappa shape index (κ2) is 13.9. The molecule has 3 nitrogen and oxygen atoms in total. The third-order valence-electron chi connectivity index (χ3n) is 9.05. The Balaban J connectivity index is 1.93. The molecule has 6 rings (SSSR count). The summed E-state index contributed by atoms with van der Waals surface area (Å²) < 4.78 is 129. The molecule has 0 radical (unpaired) electrons. The number of hydrogen-bond donors (Lipinski definition) is 0. The highest BCUT2D eigenvalue weighted by Gasteiger charge is 2.46. The Labute approximate surface area is 297 Å². The topological polar surface area (TPSA) is 43.4 Å². The number of benzene rings is 6. The molecule has 0 aliphatic carbocycles. The lowest BCUT2D eigenvalue weighted by atomic mass is 9.92. The lowest BCUT2D eigenvalue weighted by Gasteiger charge is -2.31. The second-order valence-electron chi connectivity index (χ2n) is 12.2. The standard InChI is InChI=1S/C41H32F6O3P2/c1-27-24-35(51(48,30-16-8-4-9-17-30)31-18-10-5-11-19-31)37(28(2)39(27)50-3)38-34(41(45,46)47)25-29(40(42,43)44)26-36(38)52(49,32-20-12-6-13-21-32)33-22-14-7-15-23-33/h4-26H,1-3H3. The maximum Gasteiger partial charge on any atom is 0.417 e. The second-order valence-corrected chi connectivity index (χ2v) is 17.7. The number of alkyl halides is 6. The zero-order chi connectivity index (χ0) is 37.5. The first-order chi connectivity index (χ1) is 24.6. The van der Waals surface area contributed by atoms with Crippen molar-refractivity contribution in [3.05, 3.63) is 162 Å². The van der Waals surface area contributed by atoms with Crippen molar-refractivity contribution >= 4 is 46.1 Å². The minimum atomic E-state index is -5.39. The van der Waals surface area contributed by atoms with Crippen LogP contribution < -0.4 is 36.6 Å². The van der Waals surface area contributed by atoms with Gasteiger partial charge in [0, 0.05) is 43.0 Å². The first-order valence-electron chi connectivity index (χ1n) is 16.1. The maximum absolute atomic E-state index is 16.0. The van der Waals surface area contributed by atoms with E-state index in [1.54, 1.807) is 79.7 Å². The molecule has 0 N–H and O–H groups in total. The molecule has 0 atom stereocenters. The molecule has 6 aromatic carbocycles. The molecular weight excluding hydrogens is 716 g/mol. The summed E-state index contributed by atoms with van der Waals surface area (Å²) in [4.78, 5) is 0. The van der Waals surface area contributed by atoms with Crippen LogP contribution in [-0.4, -0.2) is 7.11 Å². The van der Waals surface area contributed by atoms with E-state index in [9.17, 15) is 13.2 Å². The van der Waals surface area contributed by atoms with Crippen LogP contribution in [0.2, 0.25) is 0 Å². The highest BCUT2D eigenvalue weighted by Crippen LogP contribution is 2.54. The van der Waals surface area contributed by atoms with Crippen LogP contribution in [0.1, 0.15) is 22.3 Å². The van der Waals surface area contributed by atoms with Crippen LogP contribution in [0.5, 0.6) is 5.75 Å². The number of aryl methyl sites for hydroxylation is 1. The van der Waals surface area contributed by atoms with Gasteiger partial charge in [-0.2, -0.15) is 26.3 Å². The van der Waals surface area contributed by atoms with Crippen LogP contribution in [0.4, 0.5) is 26.3 Å². The van der Waals surface area contributed by atoms with Crippen molar-refractivity contribution in [2.24, 2.45) is 0 Å². The Morgan fingerprint density at radius 2 is 0.865 bits per heavy atom. The van der Waals surface area contributed by atoms with Crippen molar-refractivity contribution in [1.82, 2.24) is 0 Å². The fourth-order valence-corrected chi connectivity index (χ4v) is 12.7. The average Bonchev–Trinajstić information content (AvgIpc) is 3.14. The van der Waals surface area contributed by atoms with E-state index in [1.165, 1.54) is 68.6 Å². The SMILES string of the molecule is COc1c(C)cc(P(=O)(c2ccccc2)c2ccccc2)c(-c2c(C(F)(F)F)cc(C(F)(F)F)cc2P(=O)(c2ccccc2)c2ccccc2)c1C. The van der Waals surface area contributed by atoms with E-state index in [0.717, 1.165) is 0 Å². The molecule has 0 saturated carbocycles. The van der Waals surface area contributed by atoms with Gasteiger partial charge >= 0.3 is 12.4 Å². The zero-order valence-electron chi connectivity index (χ0n) is 28.2. The van der Waals surface area contributed by atoms with Gasteiger partial charge in [-0.1, -0.05) is 121 Å². The Morgan fingerprint density at radius 3 is 1.19 bits per heavy atom. The Hall–Kier alpha value is -4.84. The third kappa shape index (κ3) is 6.42. The Morgan fingerprint density at radius 1 is 0.500 bits per heavy atom. The van der Waals surface area contributed by atoms with Crippen LogP contribution in [0.25, 0.3) is 11.1 Å². The van der Waals surface area contributed by atoms with Crippen LogP contribution >= 0.6 is 14.3 Å². The molecule has 0 spiro atoms. The maximum atomic E-state index is 16.0. The monoisotopic (exact) mass is 748 g/mol. The summed E-state index contributed by atoms with van der Waals surface area (Å²) in [6, 6.07) is 33.5. The first-order valence-corrected chi connectivity index (χ1v) is 19.5. The van der Waals surface area contributed by atoms with Crippen molar-refractivity contribution in [2.45, 2.75) is 26.2 Å². The number of hydrogen-bond acceptors (Lipinski definition) is 3. The fraction of sp³-hybridized carbons (Fsp3) is 0.122. The smallest absolute Gasteiger partial charge is 0.417 e. The largest absolute Gasteiger partial charge is 0.496 e. The quantitative estimate of drug-likeness (QED) is 0.115. The van der Waals surface area contributed by atoms with E-state index < -0.39 is 48.6 Å². The number of ether oxygens (including phenoxy) is 1. The molecule has 0 unspecified atom stereocenters. The van der Waals surface area contributed by atoms with Gasteiger partial charge in [0.1, 0.15) is 5.75 Å². The number of methoxy groups -OCH3 is 1. The highest BCUT2D eigenvalue weighted by molar-refractivity contribution is 7.86. The predicted molar refractivity (Wildman–Crippen MR) is 197 cm³/mol. The molecule has 0 fully saturated rings. The molecule has 0 bridgehead atoms. The van der Waals surface area contributed by atoms with Crippen LogP contribution in [0.15, 0.2) is 140 Å². The average molecular weight is 749 g/mol.